The molecule has 0 aliphatic rings. The predicted octanol–water partition coefficient (Wildman–Crippen LogP) is 1.95. The van der Waals surface area contributed by atoms with Gasteiger partial charge in [-0.15, -0.1) is 0 Å². The van der Waals surface area contributed by atoms with Gasteiger partial charge in [-0.3, -0.25) is 0 Å². The molecule has 0 saturated heterocycles. The Kier molecular flexibility index (Phi) is 7.21. The third kappa shape index (κ3) is 6.51. The first-order valence-electron chi connectivity index (χ1n) is 6.52. The van der Waals surface area contributed by atoms with Crippen LogP contribution < -0.4 is 0 Å². The molecule has 0 aliphatic carbocycles. The minimum atomic E-state index is -1.79. The molecule has 0 spiro atoms. The number of aliphatic hydroxyl groups is 1. The molecule has 2 atom stereocenters. The molecule has 114 valence electrons. The first kappa shape index (κ1) is 18.6. The van der Waals surface area contributed by atoms with E-state index in [1.54, 1.807) is 0 Å². The molecule has 0 heterocycles. The molecule has 0 unspecified atom stereocenters. The monoisotopic (exact) mass is 292 g/mol. The number of esters is 1. The Hall–Kier alpha value is -0.433. The highest BCUT2D eigenvalue weighted by atomic mass is 28.4. The van der Waals surface area contributed by atoms with Gasteiger partial charge in [0.05, 0.1) is 26.4 Å². The number of ether oxygens (including phenoxy) is 2. The van der Waals surface area contributed by atoms with Crippen LogP contribution in [0.5, 0.6) is 0 Å². The summed E-state index contributed by atoms with van der Waals surface area (Å²) in [6.45, 7) is 13.1. The van der Waals surface area contributed by atoms with Crippen molar-refractivity contribution < 1.29 is 23.8 Å². The highest BCUT2D eigenvalue weighted by Gasteiger charge is 2.37. The summed E-state index contributed by atoms with van der Waals surface area (Å²) in [7, 11) is -0.555. The molecule has 0 aromatic heterocycles. The summed E-state index contributed by atoms with van der Waals surface area (Å²) < 4.78 is 15.8. The van der Waals surface area contributed by atoms with Crippen molar-refractivity contribution in [3.05, 3.63) is 0 Å². The van der Waals surface area contributed by atoms with E-state index in [0.29, 0.717) is 6.61 Å². The highest BCUT2D eigenvalue weighted by Crippen LogP contribution is 2.36. The van der Waals surface area contributed by atoms with Gasteiger partial charge in [-0.05, 0) is 25.1 Å². The first-order chi connectivity index (χ1) is 8.51. The molecule has 0 bridgehead atoms. The molecule has 0 fully saturated rings. The van der Waals surface area contributed by atoms with E-state index in [0.717, 1.165) is 0 Å². The van der Waals surface area contributed by atoms with E-state index in [4.69, 9.17) is 9.16 Å². The van der Waals surface area contributed by atoms with Crippen LogP contribution in [0, 0.1) is 0 Å². The van der Waals surface area contributed by atoms with Crippen molar-refractivity contribution in [2.45, 2.75) is 58.0 Å². The van der Waals surface area contributed by atoms with Gasteiger partial charge in [0.15, 0.2) is 14.4 Å². The van der Waals surface area contributed by atoms with Gasteiger partial charge in [0.25, 0.3) is 0 Å². The maximum atomic E-state index is 11.0. The highest BCUT2D eigenvalue weighted by molar-refractivity contribution is 6.74. The van der Waals surface area contributed by atoms with Crippen LogP contribution >= 0.6 is 0 Å². The Morgan fingerprint density at radius 3 is 2.21 bits per heavy atom. The summed E-state index contributed by atoms with van der Waals surface area (Å²) in [5, 5.41) is 9.54. The fourth-order valence-corrected chi connectivity index (χ4v) is 2.13. The predicted molar refractivity (Wildman–Crippen MR) is 76.6 cm³/mol. The lowest BCUT2D eigenvalue weighted by Crippen LogP contribution is -2.43. The summed E-state index contributed by atoms with van der Waals surface area (Å²) in [5.74, 6) is -0.683. The number of rotatable bonds is 7. The van der Waals surface area contributed by atoms with Crippen molar-refractivity contribution >= 4 is 14.3 Å². The van der Waals surface area contributed by atoms with Crippen LogP contribution in [0.15, 0.2) is 0 Å². The molecule has 0 radical (unpaired) electrons. The Morgan fingerprint density at radius 1 is 1.26 bits per heavy atom. The second-order valence-electron chi connectivity index (χ2n) is 6.25. The van der Waals surface area contributed by atoms with Crippen molar-refractivity contribution in [1.82, 2.24) is 0 Å². The fraction of sp³-hybridized carbons (Fsp3) is 0.923. The van der Waals surface area contributed by atoms with E-state index >= 15 is 0 Å². The van der Waals surface area contributed by atoms with Gasteiger partial charge in [0.1, 0.15) is 0 Å². The van der Waals surface area contributed by atoms with Gasteiger partial charge in [0.2, 0.25) is 0 Å². The molecule has 0 aliphatic heterocycles. The van der Waals surface area contributed by atoms with Gasteiger partial charge in [0, 0.05) is 0 Å². The van der Waals surface area contributed by atoms with Crippen molar-refractivity contribution in [1.29, 1.82) is 0 Å². The van der Waals surface area contributed by atoms with Gasteiger partial charge >= 0.3 is 5.97 Å². The second-order valence-corrected chi connectivity index (χ2v) is 11.1. The molecular weight excluding hydrogens is 264 g/mol. The van der Waals surface area contributed by atoms with Crippen molar-refractivity contribution in [2.24, 2.45) is 0 Å². The van der Waals surface area contributed by atoms with Crippen LogP contribution in [-0.4, -0.2) is 51.9 Å². The summed E-state index contributed by atoms with van der Waals surface area (Å²) >= 11 is 0. The van der Waals surface area contributed by atoms with Crippen LogP contribution in [0.2, 0.25) is 18.1 Å². The molecule has 0 aromatic carbocycles. The molecule has 0 aromatic rings. The molecule has 6 heteroatoms. The minimum Gasteiger partial charge on any atom is -0.467 e. The van der Waals surface area contributed by atoms with Crippen molar-refractivity contribution in [3.8, 4) is 0 Å². The third-order valence-corrected chi connectivity index (χ3v) is 8.00. The van der Waals surface area contributed by atoms with Gasteiger partial charge in [-0.25, -0.2) is 4.79 Å². The molecule has 19 heavy (non-hydrogen) atoms. The number of methoxy groups -OCH3 is 1. The average Bonchev–Trinajstić information content (AvgIpc) is 2.30. The molecule has 0 rings (SSSR count). The van der Waals surface area contributed by atoms with E-state index in [2.05, 4.69) is 38.6 Å². The maximum absolute atomic E-state index is 11.0. The lowest BCUT2D eigenvalue weighted by atomic mass is 10.2. The lowest BCUT2D eigenvalue weighted by Gasteiger charge is -2.36. The molecule has 1 N–H and O–H groups in total. The summed E-state index contributed by atoms with van der Waals surface area (Å²) in [4.78, 5) is 11.0. The van der Waals surface area contributed by atoms with Gasteiger partial charge < -0.3 is 19.0 Å². The standard InChI is InChI=1S/C13H28O5Si/c1-10(17-9-11(14)12(15)16-5)8-18-19(6,7)13(2,3)4/h10-11,14H,8-9H2,1-7H3/t10-,11+/m1/s1. The number of carbonyl (C=O) groups is 1. The maximum Gasteiger partial charge on any atom is 0.337 e. The number of carbonyl (C=O) groups excluding carboxylic acids is 1. The smallest absolute Gasteiger partial charge is 0.337 e. The van der Waals surface area contributed by atoms with Crippen molar-refractivity contribution in [3.63, 3.8) is 0 Å². The Bertz CT molecular complexity index is 285. The Morgan fingerprint density at radius 2 is 1.79 bits per heavy atom. The van der Waals surface area contributed by atoms with Crippen LogP contribution in [-0.2, 0) is 18.7 Å². The number of hydrogen-bond acceptors (Lipinski definition) is 5. The largest absolute Gasteiger partial charge is 0.467 e. The Labute approximate surface area is 117 Å². The van der Waals surface area contributed by atoms with E-state index in [1.807, 2.05) is 6.92 Å². The summed E-state index contributed by atoms with van der Waals surface area (Å²) in [6.07, 6.45) is -1.41. The average molecular weight is 292 g/mol. The lowest BCUT2D eigenvalue weighted by molar-refractivity contribution is -0.155. The van der Waals surface area contributed by atoms with E-state index in [9.17, 15) is 9.90 Å². The Balaban J connectivity index is 4.07. The van der Waals surface area contributed by atoms with Gasteiger partial charge in [-0.2, -0.15) is 0 Å². The number of hydrogen-bond donors (Lipinski definition) is 1. The first-order valence-corrected chi connectivity index (χ1v) is 9.43. The molecule has 0 saturated carbocycles. The molecule has 5 nitrogen and oxygen atoms in total. The quantitative estimate of drug-likeness (QED) is 0.574. The van der Waals surface area contributed by atoms with Crippen LogP contribution in [0.1, 0.15) is 27.7 Å². The second kappa shape index (κ2) is 7.38. The van der Waals surface area contributed by atoms with E-state index < -0.39 is 20.4 Å². The van der Waals surface area contributed by atoms with Crippen molar-refractivity contribution in [2.75, 3.05) is 20.3 Å². The SMILES string of the molecule is COC(=O)[C@@H](O)CO[C@H](C)CO[Si](C)(C)C(C)(C)C. The van der Waals surface area contributed by atoms with Crippen LogP contribution in [0.25, 0.3) is 0 Å². The van der Waals surface area contributed by atoms with E-state index in [-0.39, 0.29) is 17.7 Å². The van der Waals surface area contributed by atoms with E-state index in [1.165, 1.54) is 7.11 Å². The topological polar surface area (TPSA) is 65.0 Å². The molecular formula is C13H28O5Si. The zero-order valence-electron chi connectivity index (χ0n) is 13.1. The zero-order valence-corrected chi connectivity index (χ0v) is 14.1. The van der Waals surface area contributed by atoms with Gasteiger partial charge in [-0.1, -0.05) is 20.8 Å². The minimum absolute atomic E-state index is 0.0747. The molecule has 0 amide bonds. The summed E-state index contributed by atoms with van der Waals surface area (Å²) in [5.41, 5.74) is 0. The zero-order chi connectivity index (χ0) is 15.3. The normalized spacial score (nSPS) is 16.0. The van der Waals surface area contributed by atoms with Crippen LogP contribution in [0.4, 0.5) is 0 Å². The van der Waals surface area contributed by atoms with Crippen LogP contribution in [0.3, 0.4) is 0 Å². The summed E-state index contributed by atoms with van der Waals surface area (Å²) in [6, 6.07) is 0. The fourth-order valence-electron chi connectivity index (χ4n) is 1.05. The number of aliphatic hydroxyl groups excluding tert-OH is 1. The third-order valence-electron chi connectivity index (χ3n) is 3.50.